The van der Waals surface area contributed by atoms with Gasteiger partial charge in [-0.1, -0.05) is 52.3 Å². The van der Waals surface area contributed by atoms with Crippen molar-refractivity contribution in [2.75, 3.05) is 25.1 Å². The fourth-order valence-electron chi connectivity index (χ4n) is 4.60. The highest BCUT2D eigenvalue weighted by Crippen LogP contribution is 2.34. The molecule has 0 saturated carbocycles. The third-order valence-electron chi connectivity index (χ3n) is 6.47. The molecular weight excluding hydrogens is 520 g/mol. The first kappa shape index (κ1) is 23.8. The van der Waals surface area contributed by atoms with Gasteiger partial charge in [0.15, 0.2) is 0 Å². The minimum Gasteiger partial charge on any atom is -0.497 e. The minimum atomic E-state index is -0.370. The largest absolute Gasteiger partial charge is 0.497 e. The molecule has 7 heteroatoms. The standard InChI is InChI=1S/C29H23BrN2O4/c1-18-7-3-4-10-21(18)27(33)31(19-8-5-9-20(17-19)36-2)15-16-32-28(34)23-12-6-11-22-25(30)14-13-24(26(22)23)29(32)35/h3-14,17H,15-16H2,1-2H3. The van der Waals surface area contributed by atoms with Gasteiger partial charge in [-0.3, -0.25) is 19.3 Å². The fraction of sp³-hybridized carbons (Fsp3) is 0.138. The number of aryl methyl sites for hydroxylation is 1. The van der Waals surface area contributed by atoms with Crippen LogP contribution >= 0.6 is 15.9 Å². The molecule has 0 spiro atoms. The molecule has 1 heterocycles. The number of nitrogens with zero attached hydrogens (tertiary/aromatic N) is 2. The Kier molecular flexibility index (Phi) is 6.33. The number of hydrogen-bond donors (Lipinski definition) is 0. The number of halogens is 1. The summed E-state index contributed by atoms with van der Waals surface area (Å²) in [5.41, 5.74) is 2.96. The van der Waals surface area contributed by atoms with Crippen LogP contribution in [0, 0.1) is 6.92 Å². The molecule has 180 valence electrons. The van der Waals surface area contributed by atoms with Gasteiger partial charge >= 0.3 is 0 Å². The van der Waals surface area contributed by atoms with Gasteiger partial charge < -0.3 is 9.64 Å². The van der Waals surface area contributed by atoms with Crippen LogP contribution in [0.4, 0.5) is 5.69 Å². The lowest BCUT2D eigenvalue weighted by molar-refractivity contribution is 0.0611. The summed E-state index contributed by atoms with van der Waals surface area (Å²) < 4.78 is 6.19. The summed E-state index contributed by atoms with van der Waals surface area (Å²) in [6.07, 6.45) is 0. The van der Waals surface area contributed by atoms with E-state index in [4.69, 9.17) is 4.74 Å². The van der Waals surface area contributed by atoms with Crippen molar-refractivity contribution >= 4 is 50.1 Å². The van der Waals surface area contributed by atoms with E-state index in [2.05, 4.69) is 15.9 Å². The number of imide groups is 1. The topological polar surface area (TPSA) is 66.9 Å². The van der Waals surface area contributed by atoms with Crippen LogP contribution < -0.4 is 9.64 Å². The average molecular weight is 543 g/mol. The summed E-state index contributed by atoms with van der Waals surface area (Å²) >= 11 is 3.51. The number of carbonyl (C=O) groups excluding carboxylic acids is 3. The molecule has 4 aromatic carbocycles. The molecule has 0 aromatic heterocycles. The molecule has 0 N–H and O–H groups in total. The third-order valence-corrected chi connectivity index (χ3v) is 7.16. The molecule has 1 aliphatic heterocycles. The van der Waals surface area contributed by atoms with Crippen LogP contribution in [0.15, 0.2) is 83.3 Å². The van der Waals surface area contributed by atoms with Crippen LogP contribution in [-0.4, -0.2) is 42.8 Å². The maximum Gasteiger partial charge on any atom is 0.261 e. The van der Waals surface area contributed by atoms with Crippen LogP contribution in [0.1, 0.15) is 36.6 Å². The van der Waals surface area contributed by atoms with Crippen LogP contribution in [0.5, 0.6) is 5.75 Å². The van der Waals surface area contributed by atoms with Crippen LogP contribution in [-0.2, 0) is 0 Å². The zero-order valence-corrected chi connectivity index (χ0v) is 21.4. The molecule has 0 radical (unpaired) electrons. The van der Waals surface area contributed by atoms with Crippen molar-refractivity contribution in [3.8, 4) is 5.75 Å². The number of methoxy groups -OCH3 is 1. The predicted molar refractivity (Wildman–Crippen MR) is 143 cm³/mol. The van der Waals surface area contributed by atoms with Crippen molar-refractivity contribution in [1.29, 1.82) is 0 Å². The predicted octanol–water partition coefficient (Wildman–Crippen LogP) is 5.86. The number of hydrogen-bond acceptors (Lipinski definition) is 4. The minimum absolute atomic E-state index is 0.0401. The lowest BCUT2D eigenvalue weighted by atomic mass is 9.94. The van der Waals surface area contributed by atoms with Crippen molar-refractivity contribution in [2.24, 2.45) is 0 Å². The van der Waals surface area contributed by atoms with Gasteiger partial charge in [-0.25, -0.2) is 0 Å². The molecule has 36 heavy (non-hydrogen) atoms. The van der Waals surface area contributed by atoms with E-state index in [0.717, 1.165) is 15.4 Å². The van der Waals surface area contributed by atoms with E-state index in [1.54, 1.807) is 48.4 Å². The molecule has 0 unspecified atom stereocenters. The van der Waals surface area contributed by atoms with Gasteiger partial charge in [0.1, 0.15) is 5.75 Å². The Labute approximate surface area is 217 Å². The second-order valence-corrected chi connectivity index (χ2v) is 9.41. The molecule has 5 rings (SSSR count). The number of anilines is 1. The van der Waals surface area contributed by atoms with Crippen molar-refractivity contribution in [1.82, 2.24) is 4.90 Å². The first-order chi connectivity index (χ1) is 17.4. The van der Waals surface area contributed by atoms with Crippen LogP contribution in [0.25, 0.3) is 10.8 Å². The summed E-state index contributed by atoms with van der Waals surface area (Å²) in [5.74, 6) is -0.355. The Bertz CT molecular complexity index is 1510. The number of amides is 3. The molecule has 0 bridgehead atoms. The Morgan fingerprint density at radius 1 is 0.917 bits per heavy atom. The lowest BCUT2D eigenvalue weighted by Gasteiger charge is -2.30. The molecule has 0 fully saturated rings. The van der Waals surface area contributed by atoms with Gasteiger partial charge in [0.2, 0.25) is 0 Å². The molecule has 0 aliphatic carbocycles. The van der Waals surface area contributed by atoms with Gasteiger partial charge in [-0.2, -0.15) is 0 Å². The van der Waals surface area contributed by atoms with Gasteiger partial charge in [-0.05, 0) is 54.3 Å². The van der Waals surface area contributed by atoms with E-state index >= 15 is 0 Å². The summed E-state index contributed by atoms with van der Waals surface area (Å²) in [5, 5.41) is 1.47. The summed E-state index contributed by atoms with van der Waals surface area (Å²) in [6, 6.07) is 23.5. The SMILES string of the molecule is COc1cccc(N(CCN2C(=O)c3cccc4c(Br)ccc(c34)C2=O)C(=O)c2ccccc2C)c1. The van der Waals surface area contributed by atoms with E-state index in [1.807, 2.05) is 49.4 Å². The Hall–Kier alpha value is -3.97. The summed E-state index contributed by atoms with van der Waals surface area (Å²) in [7, 11) is 1.56. The Balaban J connectivity index is 1.50. The summed E-state index contributed by atoms with van der Waals surface area (Å²) in [6.45, 7) is 2.04. The number of benzene rings is 4. The monoisotopic (exact) mass is 542 g/mol. The van der Waals surface area contributed by atoms with E-state index in [1.165, 1.54) is 4.90 Å². The molecule has 0 saturated heterocycles. The second-order valence-electron chi connectivity index (χ2n) is 8.56. The first-order valence-electron chi connectivity index (χ1n) is 11.5. The number of rotatable bonds is 6. The van der Waals surface area contributed by atoms with E-state index < -0.39 is 0 Å². The van der Waals surface area contributed by atoms with E-state index in [-0.39, 0.29) is 30.8 Å². The van der Waals surface area contributed by atoms with E-state index in [0.29, 0.717) is 33.5 Å². The second kappa shape index (κ2) is 9.59. The smallest absolute Gasteiger partial charge is 0.261 e. The highest BCUT2D eigenvalue weighted by molar-refractivity contribution is 9.10. The fourth-order valence-corrected chi connectivity index (χ4v) is 5.06. The first-order valence-corrected chi connectivity index (χ1v) is 12.3. The lowest BCUT2D eigenvalue weighted by Crippen LogP contribution is -2.46. The normalized spacial score (nSPS) is 12.7. The molecule has 3 amide bonds. The van der Waals surface area contributed by atoms with Gasteiger partial charge in [-0.15, -0.1) is 0 Å². The molecule has 6 nitrogen and oxygen atoms in total. The van der Waals surface area contributed by atoms with Crippen LogP contribution in [0.2, 0.25) is 0 Å². The summed E-state index contributed by atoms with van der Waals surface area (Å²) in [4.78, 5) is 43.4. The molecular formula is C29H23BrN2O4. The zero-order chi connectivity index (χ0) is 25.4. The molecule has 1 aliphatic rings. The van der Waals surface area contributed by atoms with Crippen molar-refractivity contribution in [2.45, 2.75) is 6.92 Å². The third kappa shape index (κ3) is 4.05. The highest BCUT2D eigenvalue weighted by atomic mass is 79.9. The van der Waals surface area contributed by atoms with Crippen molar-refractivity contribution in [3.05, 3.63) is 106 Å². The number of carbonyl (C=O) groups is 3. The van der Waals surface area contributed by atoms with Gasteiger partial charge in [0, 0.05) is 51.4 Å². The maximum absolute atomic E-state index is 13.7. The van der Waals surface area contributed by atoms with Gasteiger partial charge in [0.25, 0.3) is 17.7 Å². The van der Waals surface area contributed by atoms with Crippen molar-refractivity contribution < 1.29 is 19.1 Å². The Morgan fingerprint density at radius 3 is 2.39 bits per heavy atom. The quantitative estimate of drug-likeness (QED) is 0.286. The Morgan fingerprint density at radius 2 is 1.64 bits per heavy atom. The number of ether oxygens (including phenoxy) is 1. The zero-order valence-electron chi connectivity index (χ0n) is 19.8. The van der Waals surface area contributed by atoms with Crippen LogP contribution in [0.3, 0.4) is 0 Å². The molecule has 4 aromatic rings. The average Bonchev–Trinajstić information content (AvgIpc) is 2.90. The highest BCUT2D eigenvalue weighted by Gasteiger charge is 2.34. The van der Waals surface area contributed by atoms with Gasteiger partial charge in [0.05, 0.1) is 7.11 Å². The van der Waals surface area contributed by atoms with Crippen molar-refractivity contribution in [3.63, 3.8) is 0 Å². The molecule has 0 atom stereocenters. The maximum atomic E-state index is 13.7. The van der Waals surface area contributed by atoms with E-state index in [9.17, 15) is 14.4 Å².